The standard InChI is InChI=1S/C14H21NO3/c1-10-4-11(2)13(17-3)12(5-10)15-6-14(7-16)8-18-9-14/h4-5,15-16H,6-9H2,1-3H3. The Bertz CT molecular complexity index is 422. The van der Waals surface area contributed by atoms with Crippen LogP contribution < -0.4 is 10.1 Å². The summed E-state index contributed by atoms with van der Waals surface area (Å²) in [5, 5.41) is 12.8. The fourth-order valence-corrected chi connectivity index (χ4v) is 2.28. The Morgan fingerprint density at radius 2 is 2.11 bits per heavy atom. The van der Waals surface area contributed by atoms with E-state index in [-0.39, 0.29) is 12.0 Å². The lowest BCUT2D eigenvalue weighted by Gasteiger charge is -2.40. The van der Waals surface area contributed by atoms with E-state index in [1.54, 1.807) is 7.11 Å². The number of aryl methyl sites for hydroxylation is 2. The first kappa shape index (κ1) is 13.2. The number of aliphatic hydroxyl groups is 1. The van der Waals surface area contributed by atoms with Crippen molar-refractivity contribution < 1.29 is 14.6 Å². The van der Waals surface area contributed by atoms with Crippen molar-refractivity contribution in [1.82, 2.24) is 0 Å². The van der Waals surface area contributed by atoms with Crippen molar-refractivity contribution >= 4 is 5.69 Å². The Morgan fingerprint density at radius 3 is 2.61 bits per heavy atom. The molecule has 0 saturated carbocycles. The smallest absolute Gasteiger partial charge is 0.144 e. The van der Waals surface area contributed by atoms with Crippen LogP contribution in [0.5, 0.6) is 5.75 Å². The predicted octanol–water partition coefficient (Wildman–Crippen LogP) is 1.73. The van der Waals surface area contributed by atoms with Crippen LogP contribution >= 0.6 is 0 Å². The monoisotopic (exact) mass is 251 g/mol. The van der Waals surface area contributed by atoms with Crippen molar-refractivity contribution in [3.05, 3.63) is 23.3 Å². The molecule has 1 saturated heterocycles. The number of hydrogen-bond donors (Lipinski definition) is 2. The summed E-state index contributed by atoms with van der Waals surface area (Å²) in [5.74, 6) is 0.869. The summed E-state index contributed by atoms with van der Waals surface area (Å²) in [7, 11) is 1.68. The molecule has 2 N–H and O–H groups in total. The second kappa shape index (κ2) is 5.16. The Balaban J connectivity index is 2.13. The normalized spacial score (nSPS) is 17.1. The number of benzene rings is 1. The van der Waals surface area contributed by atoms with E-state index in [0.29, 0.717) is 19.8 Å². The Labute approximate surface area is 108 Å². The molecule has 0 amide bonds. The van der Waals surface area contributed by atoms with Crippen LogP contribution in [0.15, 0.2) is 12.1 Å². The summed E-state index contributed by atoms with van der Waals surface area (Å²) in [6.07, 6.45) is 0. The van der Waals surface area contributed by atoms with Crippen LogP contribution in [0.2, 0.25) is 0 Å². The molecule has 1 aromatic rings. The number of hydrogen-bond acceptors (Lipinski definition) is 4. The third-order valence-corrected chi connectivity index (χ3v) is 3.43. The third kappa shape index (κ3) is 2.44. The van der Waals surface area contributed by atoms with Crippen molar-refractivity contribution in [2.75, 3.05) is 38.8 Å². The van der Waals surface area contributed by atoms with Crippen LogP contribution in [0.4, 0.5) is 5.69 Å². The minimum atomic E-state index is -0.136. The van der Waals surface area contributed by atoms with Gasteiger partial charge in [-0.2, -0.15) is 0 Å². The maximum absolute atomic E-state index is 9.40. The number of aliphatic hydroxyl groups excluding tert-OH is 1. The summed E-state index contributed by atoms with van der Waals surface area (Å²) in [4.78, 5) is 0. The van der Waals surface area contributed by atoms with Gasteiger partial charge in [0.1, 0.15) is 5.75 Å². The second-order valence-electron chi connectivity index (χ2n) is 5.17. The van der Waals surface area contributed by atoms with Crippen LogP contribution in [0, 0.1) is 19.3 Å². The van der Waals surface area contributed by atoms with Crippen molar-refractivity contribution in [2.24, 2.45) is 5.41 Å². The summed E-state index contributed by atoms with van der Waals surface area (Å²) in [5.41, 5.74) is 3.15. The zero-order chi connectivity index (χ0) is 13.2. The number of ether oxygens (including phenoxy) is 2. The fourth-order valence-electron chi connectivity index (χ4n) is 2.28. The lowest BCUT2D eigenvalue weighted by molar-refractivity contribution is -0.128. The third-order valence-electron chi connectivity index (χ3n) is 3.43. The molecule has 2 rings (SSSR count). The lowest BCUT2D eigenvalue weighted by atomic mass is 9.87. The van der Waals surface area contributed by atoms with Gasteiger partial charge in [0, 0.05) is 6.54 Å². The summed E-state index contributed by atoms with van der Waals surface area (Å²) in [6, 6.07) is 4.16. The summed E-state index contributed by atoms with van der Waals surface area (Å²) >= 11 is 0. The maximum Gasteiger partial charge on any atom is 0.144 e. The molecule has 0 aliphatic carbocycles. The van der Waals surface area contributed by atoms with Gasteiger partial charge in [-0.25, -0.2) is 0 Å². The highest BCUT2D eigenvalue weighted by Crippen LogP contribution is 2.32. The average molecular weight is 251 g/mol. The largest absolute Gasteiger partial charge is 0.494 e. The van der Waals surface area contributed by atoms with Gasteiger partial charge in [-0.05, 0) is 31.0 Å². The number of anilines is 1. The summed E-state index contributed by atoms with van der Waals surface area (Å²) in [6.45, 7) is 6.17. The lowest BCUT2D eigenvalue weighted by Crippen LogP contribution is -2.50. The van der Waals surface area contributed by atoms with Gasteiger partial charge in [0.05, 0.1) is 38.0 Å². The van der Waals surface area contributed by atoms with Crippen molar-refractivity contribution in [3.63, 3.8) is 0 Å². The van der Waals surface area contributed by atoms with Crippen molar-refractivity contribution in [2.45, 2.75) is 13.8 Å². The van der Waals surface area contributed by atoms with E-state index >= 15 is 0 Å². The first-order valence-corrected chi connectivity index (χ1v) is 6.18. The SMILES string of the molecule is COc1c(C)cc(C)cc1NCC1(CO)COC1. The Morgan fingerprint density at radius 1 is 1.39 bits per heavy atom. The molecule has 1 aromatic carbocycles. The van der Waals surface area contributed by atoms with Gasteiger partial charge in [0.15, 0.2) is 0 Å². The molecule has 4 heteroatoms. The highest BCUT2D eigenvalue weighted by molar-refractivity contribution is 5.61. The fraction of sp³-hybridized carbons (Fsp3) is 0.571. The van der Waals surface area contributed by atoms with Gasteiger partial charge in [-0.3, -0.25) is 0 Å². The zero-order valence-corrected chi connectivity index (χ0v) is 11.2. The zero-order valence-electron chi connectivity index (χ0n) is 11.2. The van der Waals surface area contributed by atoms with Gasteiger partial charge >= 0.3 is 0 Å². The molecule has 0 atom stereocenters. The minimum Gasteiger partial charge on any atom is -0.494 e. The van der Waals surface area contributed by atoms with Gasteiger partial charge < -0.3 is 19.9 Å². The van der Waals surface area contributed by atoms with E-state index in [1.807, 2.05) is 6.92 Å². The van der Waals surface area contributed by atoms with Crippen LogP contribution in [-0.4, -0.2) is 38.6 Å². The second-order valence-corrected chi connectivity index (χ2v) is 5.17. The molecule has 0 unspecified atom stereocenters. The van der Waals surface area contributed by atoms with E-state index in [0.717, 1.165) is 17.0 Å². The quantitative estimate of drug-likeness (QED) is 0.837. The van der Waals surface area contributed by atoms with Crippen LogP contribution in [0.3, 0.4) is 0 Å². The highest BCUT2D eigenvalue weighted by atomic mass is 16.5. The van der Waals surface area contributed by atoms with Gasteiger partial charge in [0.25, 0.3) is 0 Å². The molecular formula is C14H21NO3. The molecule has 0 spiro atoms. The van der Waals surface area contributed by atoms with Crippen molar-refractivity contribution in [3.8, 4) is 5.75 Å². The molecule has 18 heavy (non-hydrogen) atoms. The predicted molar refractivity (Wildman–Crippen MR) is 71.3 cm³/mol. The first-order chi connectivity index (χ1) is 8.60. The van der Waals surface area contributed by atoms with E-state index in [4.69, 9.17) is 9.47 Å². The van der Waals surface area contributed by atoms with E-state index in [2.05, 4.69) is 24.4 Å². The number of nitrogens with one attached hydrogen (secondary N) is 1. The first-order valence-electron chi connectivity index (χ1n) is 6.18. The molecule has 0 radical (unpaired) electrons. The molecule has 1 aliphatic rings. The van der Waals surface area contributed by atoms with Gasteiger partial charge in [-0.1, -0.05) is 6.07 Å². The topological polar surface area (TPSA) is 50.7 Å². The Kier molecular flexibility index (Phi) is 3.78. The molecule has 0 aromatic heterocycles. The molecule has 1 heterocycles. The summed E-state index contributed by atoms with van der Waals surface area (Å²) < 4.78 is 10.6. The van der Waals surface area contributed by atoms with Crippen molar-refractivity contribution in [1.29, 1.82) is 0 Å². The van der Waals surface area contributed by atoms with E-state index in [1.165, 1.54) is 5.56 Å². The van der Waals surface area contributed by atoms with Gasteiger partial charge in [-0.15, -0.1) is 0 Å². The Hall–Kier alpha value is -1.26. The molecule has 100 valence electrons. The molecule has 1 aliphatic heterocycles. The molecule has 0 bridgehead atoms. The van der Waals surface area contributed by atoms with E-state index in [9.17, 15) is 5.11 Å². The van der Waals surface area contributed by atoms with Gasteiger partial charge in [0.2, 0.25) is 0 Å². The van der Waals surface area contributed by atoms with E-state index < -0.39 is 0 Å². The number of rotatable bonds is 5. The van der Waals surface area contributed by atoms with Crippen LogP contribution in [0.25, 0.3) is 0 Å². The average Bonchev–Trinajstić information content (AvgIpc) is 2.27. The highest BCUT2D eigenvalue weighted by Gasteiger charge is 2.38. The number of methoxy groups -OCH3 is 1. The molecule has 1 fully saturated rings. The van der Waals surface area contributed by atoms with Crippen LogP contribution in [0.1, 0.15) is 11.1 Å². The maximum atomic E-state index is 9.40. The minimum absolute atomic E-state index is 0.136. The molecule has 4 nitrogen and oxygen atoms in total. The molecular weight excluding hydrogens is 230 g/mol. The van der Waals surface area contributed by atoms with Crippen LogP contribution in [-0.2, 0) is 4.74 Å².